The van der Waals surface area contributed by atoms with Crippen LogP contribution in [0.4, 0.5) is 26.3 Å². The summed E-state index contributed by atoms with van der Waals surface area (Å²) < 4.78 is 91.1. The van der Waals surface area contributed by atoms with Crippen LogP contribution in [0.5, 0.6) is 11.5 Å². The lowest BCUT2D eigenvalue weighted by molar-refractivity contribution is -0.167. The predicted molar refractivity (Wildman–Crippen MR) is 177 cm³/mol. The molecule has 0 aromatic heterocycles. The highest BCUT2D eigenvalue weighted by molar-refractivity contribution is 6.00. The Bertz CT molecular complexity index is 1530. The first-order valence-corrected chi connectivity index (χ1v) is 18.2. The van der Waals surface area contributed by atoms with Crippen LogP contribution in [0.2, 0.25) is 0 Å². The lowest BCUT2D eigenvalue weighted by Gasteiger charge is -2.63. The van der Waals surface area contributed by atoms with E-state index < -0.39 is 35.0 Å². The monoisotopic (exact) mass is 706 g/mol. The van der Waals surface area contributed by atoms with Crippen molar-refractivity contribution in [2.24, 2.45) is 46.3 Å². The number of Topliss-reactive ketones (excluding diaryl/α,β-unsaturated/α-hetero) is 2. The summed E-state index contributed by atoms with van der Waals surface area (Å²) in [5.74, 6) is -0.0210. The standard InChI is InChI=1S/C40H48F6O4/c1-5-6-23(2)31-17-18-32-30-16-11-26-21-29(49-27-12-7-24(8-13-27)35(47)39(41,42)43)19-20-37(26,3)33(30)22-34(38(31,32)4)50-28-14-9-25(10-15-28)36(48)40(44,45)46/h7-10,12-15,23,26,29-34H,5-6,11,16-22H2,1-4H3/t23-,26?,29?,30?,31?,32?,33?,34?,37+,38-/m1/s1. The second-order valence-corrected chi connectivity index (χ2v) is 16.0. The van der Waals surface area contributed by atoms with Gasteiger partial charge >= 0.3 is 12.4 Å². The molecular weight excluding hydrogens is 658 g/mol. The van der Waals surface area contributed by atoms with Gasteiger partial charge in [0.15, 0.2) is 0 Å². The molecule has 2 aromatic carbocycles. The summed E-state index contributed by atoms with van der Waals surface area (Å²) in [6, 6.07) is 10.6. The fourth-order valence-corrected chi connectivity index (χ4v) is 11.1. The third-order valence-corrected chi connectivity index (χ3v) is 13.5. The minimum atomic E-state index is -4.94. The maximum Gasteiger partial charge on any atom is 0.454 e. The van der Waals surface area contributed by atoms with Gasteiger partial charge in [0.25, 0.3) is 11.6 Å². The highest BCUT2D eigenvalue weighted by Crippen LogP contribution is 2.69. The summed E-state index contributed by atoms with van der Waals surface area (Å²) in [5.41, 5.74) is -0.880. The fourth-order valence-electron chi connectivity index (χ4n) is 11.1. The molecule has 2 aromatic rings. The van der Waals surface area contributed by atoms with Crippen LogP contribution in [0.15, 0.2) is 48.5 Å². The molecule has 6 rings (SSSR count). The second-order valence-electron chi connectivity index (χ2n) is 16.0. The van der Waals surface area contributed by atoms with Crippen molar-refractivity contribution in [2.75, 3.05) is 0 Å². The van der Waals surface area contributed by atoms with Gasteiger partial charge in [-0.05, 0) is 141 Å². The molecule has 7 unspecified atom stereocenters. The van der Waals surface area contributed by atoms with Gasteiger partial charge in [0.05, 0.1) is 6.10 Å². The van der Waals surface area contributed by atoms with E-state index in [1.165, 1.54) is 48.5 Å². The number of ether oxygens (including phenoxy) is 2. The Morgan fingerprint density at radius 3 is 1.86 bits per heavy atom. The summed E-state index contributed by atoms with van der Waals surface area (Å²) in [4.78, 5) is 23.5. The van der Waals surface area contributed by atoms with Gasteiger partial charge in [-0.3, -0.25) is 9.59 Å². The van der Waals surface area contributed by atoms with Crippen molar-refractivity contribution in [2.45, 2.75) is 116 Å². The number of alkyl halides is 6. The highest BCUT2D eigenvalue weighted by atomic mass is 19.4. The van der Waals surface area contributed by atoms with E-state index in [0.29, 0.717) is 47.0 Å². The smallest absolute Gasteiger partial charge is 0.454 e. The number of carbonyl (C=O) groups excluding carboxylic acids is 2. The third-order valence-electron chi connectivity index (χ3n) is 13.5. The van der Waals surface area contributed by atoms with Crippen LogP contribution in [-0.4, -0.2) is 36.1 Å². The van der Waals surface area contributed by atoms with E-state index in [9.17, 15) is 35.9 Å². The zero-order chi connectivity index (χ0) is 36.2. The van der Waals surface area contributed by atoms with Gasteiger partial charge in [-0.15, -0.1) is 0 Å². The van der Waals surface area contributed by atoms with Crippen molar-refractivity contribution >= 4 is 11.6 Å². The molecule has 0 saturated heterocycles. The molecule has 0 heterocycles. The van der Waals surface area contributed by atoms with Crippen molar-refractivity contribution in [3.8, 4) is 11.5 Å². The number of benzene rings is 2. The van der Waals surface area contributed by atoms with Crippen molar-refractivity contribution < 1.29 is 45.4 Å². The highest BCUT2D eigenvalue weighted by Gasteiger charge is 2.65. The molecule has 4 fully saturated rings. The molecule has 4 nitrogen and oxygen atoms in total. The molecule has 0 bridgehead atoms. The summed E-state index contributed by atoms with van der Waals surface area (Å²) in [7, 11) is 0. The fraction of sp³-hybridized carbons (Fsp3) is 0.650. The number of carbonyl (C=O) groups is 2. The molecule has 0 amide bonds. The number of fused-ring (bicyclic) bond motifs is 5. The minimum absolute atomic E-state index is 0.0325. The molecule has 4 aliphatic carbocycles. The molecule has 10 heteroatoms. The molecule has 4 aliphatic rings. The number of hydrogen-bond donors (Lipinski definition) is 0. The van der Waals surface area contributed by atoms with Crippen molar-refractivity contribution in [1.82, 2.24) is 0 Å². The Hall–Kier alpha value is -3.04. The average molecular weight is 707 g/mol. The molecule has 0 spiro atoms. The zero-order valence-electron chi connectivity index (χ0n) is 29.2. The van der Waals surface area contributed by atoms with Gasteiger partial charge in [0.1, 0.15) is 17.6 Å². The molecule has 0 N–H and O–H groups in total. The number of halogens is 6. The van der Waals surface area contributed by atoms with Crippen LogP contribution >= 0.6 is 0 Å². The topological polar surface area (TPSA) is 52.6 Å². The van der Waals surface area contributed by atoms with Gasteiger partial charge in [0, 0.05) is 16.5 Å². The summed E-state index contributed by atoms with van der Waals surface area (Å²) in [5, 5.41) is 0. The molecule has 4 saturated carbocycles. The van der Waals surface area contributed by atoms with Gasteiger partial charge < -0.3 is 9.47 Å². The molecule has 10 atom stereocenters. The van der Waals surface area contributed by atoms with Crippen LogP contribution in [0.1, 0.15) is 113 Å². The summed E-state index contributed by atoms with van der Waals surface area (Å²) in [6.07, 6.45) is 0.0377. The van der Waals surface area contributed by atoms with Crippen LogP contribution in [0.25, 0.3) is 0 Å². The average Bonchev–Trinajstić information content (AvgIpc) is 3.43. The van der Waals surface area contributed by atoms with Crippen molar-refractivity contribution in [1.29, 1.82) is 0 Å². The third kappa shape index (κ3) is 6.69. The lowest BCUT2D eigenvalue weighted by Crippen LogP contribution is -2.60. The molecule has 50 heavy (non-hydrogen) atoms. The molecular formula is C40H48F6O4. The van der Waals surface area contributed by atoms with E-state index >= 15 is 0 Å². The Balaban J connectivity index is 1.22. The van der Waals surface area contributed by atoms with Gasteiger partial charge in [-0.25, -0.2) is 0 Å². The van der Waals surface area contributed by atoms with E-state index in [4.69, 9.17) is 9.47 Å². The van der Waals surface area contributed by atoms with E-state index in [1.807, 2.05) is 0 Å². The normalized spacial score (nSPS) is 34.6. The van der Waals surface area contributed by atoms with E-state index in [1.54, 1.807) is 0 Å². The van der Waals surface area contributed by atoms with Crippen molar-refractivity contribution in [3.05, 3.63) is 59.7 Å². The lowest BCUT2D eigenvalue weighted by atomic mass is 9.43. The van der Waals surface area contributed by atoms with Gasteiger partial charge in [0.2, 0.25) is 0 Å². The van der Waals surface area contributed by atoms with Crippen molar-refractivity contribution in [3.63, 3.8) is 0 Å². The quantitative estimate of drug-likeness (QED) is 0.192. The zero-order valence-corrected chi connectivity index (χ0v) is 29.2. The SMILES string of the molecule is CCC[C@@H](C)C1CCC2C3CCC4CC(Oc5ccc(C(=O)C(F)(F)F)cc5)CC[C@]4(C)C3CC(Oc3ccc(C(=O)C(F)(F)F)cc3)[C@@]21C. The largest absolute Gasteiger partial charge is 0.490 e. The second kappa shape index (κ2) is 13.5. The predicted octanol–water partition coefficient (Wildman–Crippen LogP) is 11.1. The first-order valence-electron chi connectivity index (χ1n) is 18.2. The first-order chi connectivity index (χ1) is 23.5. The maximum absolute atomic E-state index is 13.1. The molecule has 274 valence electrons. The Kier molecular flexibility index (Phi) is 9.92. The van der Waals surface area contributed by atoms with Crippen LogP contribution in [0, 0.1) is 46.3 Å². The van der Waals surface area contributed by atoms with E-state index in [-0.39, 0.29) is 23.0 Å². The van der Waals surface area contributed by atoms with Crippen LogP contribution in [0.3, 0.4) is 0 Å². The Labute approximate surface area is 290 Å². The number of hydrogen-bond acceptors (Lipinski definition) is 4. The van der Waals surface area contributed by atoms with E-state index in [0.717, 1.165) is 64.2 Å². The minimum Gasteiger partial charge on any atom is -0.490 e. The molecule has 0 aliphatic heterocycles. The summed E-state index contributed by atoms with van der Waals surface area (Å²) >= 11 is 0. The Morgan fingerprint density at radius 2 is 1.32 bits per heavy atom. The number of ketones is 2. The van der Waals surface area contributed by atoms with E-state index in [2.05, 4.69) is 27.7 Å². The number of rotatable bonds is 9. The summed E-state index contributed by atoms with van der Waals surface area (Å²) in [6.45, 7) is 9.37. The van der Waals surface area contributed by atoms with Crippen LogP contribution < -0.4 is 9.47 Å². The van der Waals surface area contributed by atoms with Gasteiger partial charge in [-0.1, -0.05) is 40.5 Å². The Morgan fingerprint density at radius 1 is 0.760 bits per heavy atom. The maximum atomic E-state index is 13.1. The molecule has 0 radical (unpaired) electrons. The van der Waals surface area contributed by atoms with Crippen LogP contribution in [-0.2, 0) is 0 Å². The first kappa shape index (κ1) is 36.7. The van der Waals surface area contributed by atoms with Gasteiger partial charge in [-0.2, -0.15) is 26.3 Å².